The fraction of sp³-hybridized carbons (Fsp3) is 0.765. The van der Waals surface area contributed by atoms with Crippen molar-refractivity contribution in [2.45, 2.75) is 76.7 Å². The van der Waals surface area contributed by atoms with Crippen LogP contribution in [0, 0.1) is 5.41 Å². The van der Waals surface area contributed by atoms with Gasteiger partial charge in [0.25, 0.3) is 5.91 Å². The number of carbonyl (C=O) groups is 4. The normalized spacial score (nSPS) is 31.4. The molecule has 4 amide bonds. The highest BCUT2D eigenvalue weighted by Gasteiger charge is 2.55. The minimum Gasteiger partial charge on any atom is -0.294 e. The fourth-order valence-corrected chi connectivity index (χ4v) is 4.58. The summed E-state index contributed by atoms with van der Waals surface area (Å²) in [7, 11) is 0. The highest BCUT2D eigenvalue weighted by Crippen LogP contribution is 2.47. The average Bonchev–Trinajstić information content (AvgIpc) is 2.49. The standard InChI is InChI=1S/C17H24N2O4/c1-2-17(9-6-12(20)18-15(17)23)19-13(21)10-16(11-14(19)22)7-4-3-5-8-16/h2-11H2,1H3,(H,18,20,23). The number of hydrogen-bond donors (Lipinski definition) is 1. The fourth-order valence-electron chi connectivity index (χ4n) is 4.58. The first-order valence-corrected chi connectivity index (χ1v) is 8.63. The van der Waals surface area contributed by atoms with Crippen LogP contribution in [0.2, 0.25) is 0 Å². The van der Waals surface area contributed by atoms with Gasteiger partial charge >= 0.3 is 0 Å². The number of piperidine rings is 2. The van der Waals surface area contributed by atoms with E-state index in [2.05, 4.69) is 5.32 Å². The lowest BCUT2D eigenvalue weighted by Crippen LogP contribution is -2.67. The third-order valence-corrected chi connectivity index (χ3v) is 5.92. The zero-order valence-corrected chi connectivity index (χ0v) is 13.7. The van der Waals surface area contributed by atoms with Crippen LogP contribution in [-0.2, 0) is 19.2 Å². The van der Waals surface area contributed by atoms with Gasteiger partial charge in [0.05, 0.1) is 0 Å². The summed E-state index contributed by atoms with van der Waals surface area (Å²) in [5.41, 5.74) is -1.38. The molecule has 23 heavy (non-hydrogen) atoms. The molecule has 2 saturated heterocycles. The number of imide groups is 2. The molecular weight excluding hydrogens is 296 g/mol. The summed E-state index contributed by atoms with van der Waals surface area (Å²) in [6, 6.07) is 0. The molecule has 1 unspecified atom stereocenters. The Morgan fingerprint density at radius 1 is 0.957 bits per heavy atom. The van der Waals surface area contributed by atoms with Gasteiger partial charge < -0.3 is 0 Å². The molecule has 1 aliphatic carbocycles. The molecule has 6 nitrogen and oxygen atoms in total. The summed E-state index contributed by atoms with van der Waals surface area (Å²) >= 11 is 0. The lowest BCUT2D eigenvalue weighted by molar-refractivity contribution is -0.170. The van der Waals surface area contributed by atoms with E-state index in [1.54, 1.807) is 6.92 Å². The Kier molecular flexibility index (Phi) is 4.02. The number of hydrogen-bond acceptors (Lipinski definition) is 4. The summed E-state index contributed by atoms with van der Waals surface area (Å²) in [5.74, 6) is -1.32. The molecule has 3 aliphatic rings. The first-order chi connectivity index (χ1) is 10.9. The van der Waals surface area contributed by atoms with Gasteiger partial charge in [0, 0.05) is 19.3 Å². The lowest BCUT2D eigenvalue weighted by atomic mass is 9.66. The summed E-state index contributed by atoms with van der Waals surface area (Å²) < 4.78 is 0. The maximum atomic E-state index is 12.8. The highest BCUT2D eigenvalue weighted by atomic mass is 16.2. The molecule has 2 aliphatic heterocycles. The van der Waals surface area contributed by atoms with Crippen molar-refractivity contribution < 1.29 is 19.2 Å². The van der Waals surface area contributed by atoms with Crippen LogP contribution in [0.4, 0.5) is 0 Å². The number of nitrogens with one attached hydrogen (secondary N) is 1. The summed E-state index contributed by atoms with van der Waals surface area (Å²) in [6.07, 6.45) is 6.57. The van der Waals surface area contributed by atoms with Crippen LogP contribution in [0.25, 0.3) is 0 Å². The van der Waals surface area contributed by atoms with E-state index in [1.807, 2.05) is 0 Å². The molecule has 1 atom stereocenters. The van der Waals surface area contributed by atoms with Crippen LogP contribution in [0.3, 0.4) is 0 Å². The minimum absolute atomic E-state index is 0.168. The van der Waals surface area contributed by atoms with Gasteiger partial charge in [-0.3, -0.25) is 29.4 Å². The van der Waals surface area contributed by atoms with E-state index in [4.69, 9.17) is 0 Å². The van der Waals surface area contributed by atoms with Gasteiger partial charge in [-0.1, -0.05) is 26.2 Å². The Morgan fingerprint density at radius 2 is 1.57 bits per heavy atom. The van der Waals surface area contributed by atoms with Crippen LogP contribution >= 0.6 is 0 Å². The number of amides is 4. The van der Waals surface area contributed by atoms with Crippen molar-refractivity contribution in [1.82, 2.24) is 10.2 Å². The van der Waals surface area contributed by atoms with Gasteiger partial charge in [-0.05, 0) is 31.1 Å². The summed E-state index contributed by atoms with van der Waals surface area (Å²) in [5, 5.41) is 2.31. The van der Waals surface area contributed by atoms with E-state index in [1.165, 1.54) is 4.90 Å². The van der Waals surface area contributed by atoms with Gasteiger partial charge in [-0.25, -0.2) is 0 Å². The molecule has 1 saturated carbocycles. The second-order valence-corrected chi connectivity index (χ2v) is 7.30. The van der Waals surface area contributed by atoms with Gasteiger partial charge in [0.15, 0.2) is 0 Å². The van der Waals surface area contributed by atoms with E-state index in [9.17, 15) is 19.2 Å². The predicted octanol–water partition coefficient (Wildman–Crippen LogP) is 1.67. The molecule has 0 radical (unpaired) electrons. The molecule has 126 valence electrons. The zero-order chi connectivity index (χ0) is 16.7. The molecule has 0 aromatic carbocycles. The van der Waals surface area contributed by atoms with Crippen LogP contribution in [0.5, 0.6) is 0 Å². The quantitative estimate of drug-likeness (QED) is 0.785. The molecule has 6 heteroatoms. The number of likely N-dealkylation sites (tertiary alicyclic amines) is 1. The van der Waals surface area contributed by atoms with Crippen molar-refractivity contribution in [1.29, 1.82) is 0 Å². The Labute approximate surface area is 136 Å². The second kappa shape index (κ2) is 5.73. The Bertz CT molecular complexity index is 545. The topological polar surface area (TPSA) is 83.6 Å². The van der Waals surface area contributed by atoms with Crippen molar-refractivity contribution in [3.8, 4) is 0 Å². The monoisotopic (exact) mass is 320 g/mol. The molecule has 0 aromatic heterocycles. The Hall–Kier alpha value is -1.72. The first-order valence-electron chi connectivity index (χ1n) is 8.63. The first kappa shape index (κ1) is 16.1. The summed E-state index contributed by atoms with van der Waals surface area (Å²) in [6.45, 7) is 1.79. The molecule has 1 N–H and O–H groups in total. The molecular formula is C17H24N2O4. The van der Waals surface area contributed by atoms with Crippen molar-refractivity contribution in [2.24, 2.45) is 5.41 Å². The third kappa shape index (κ3) is 2.58. The maximum Gasteiger partial charge on any atom is 0.253 e. The van der Waals surface area contributed by atoms with Crippen molar-refractivity contribution in [3.05, 3.63) is 0 Å². The SMILES string of the molecule is CCC1(N2C(=O)CC3(CCCCC3)CC2=O)CCC(=O)NC1=O. The van der Waals surface area contributed by atoms with Gasteiger partial charge in [0.1, 0.15) is 5.54 Å². The van der Waals surface area contributed by atoms with E-state index in [0.29, 0.717) is 19.3 Å². The predicted molar refractivity (Wildman–Crippen MR) is 82.0 cm³/mol. The van der Waals surface area contributed by atoms with Crippen molar-refractivity contribution in [3.63, 3.8) is 0 Å². The van der Waals surface area contributed by atoms with Crippen LogP contribution in [0.1, 0.15) is 71.1 Å². The minimum atomic E-state index is -1.18. The highest BCUT2D eigenvalue weighted by molar-refractivity contribution is 6.09. The molecule has 1 spiro atoms. The van der Waals surface area contributed by atoms with Gasteiger partial charge in [-0.15, -0.1) is 0 Å². The van der Waals surface area contributed by atoms with Crippen LogP contribution in [0.15, 0.2) is 0 Å². The van der Waals surface area contributed by atoms with E-state index >= 15 is 0 Å². The maximum absolute atomic E-state index is 12.8. The molecule has 3 rings (SSSR count). The number of nitrogens with zero attached hydrogens (tertiary/aromatic N) is 1. The summed E-state index contributed by atoms with van der Waals surface area (Å²) in [4.78, 5) is 50.7. The van der Waals surface area contributed by atoms with Crippen LogP contribution < -0.4 is 5.32 Å². The largest absolute Gasteiger partial charge is 0.294 e. The zero-order valence-electron chi connectivity index (χ0n) is 13.7. The van der Waals surface area contributed by atoms with Crippen LogP contribution in [-0.4, -0.2) is 34.1 Å². The second-order valence-electron chi connectivity index (χ2n) is 7.30. The Morgan fingerprint density at radius 3 is 2.09 bits per heavy atom. The third-order valence-electron chi connectivity index (χ3n) is 5.92. The van der Waals surface area contributed by atoms with E-state index in [-0.39, 0.29) is 36.0 Å². The molecule has 2 heterocycles. The van der Waals surface area contributed by atoms with Gasteiger partial charge in [-0.2, -0.15) is 0 Å². The van der Waals surface area contributed by atoms with Crippen molar-refractivity contribution in [2.75, 3.05) is 0 Å². The molecule has 0 bridgehead atoms. The average molecular weight is 320 g/mol. The molecule has 0 aromatic rings. The van der Waals surface area contributed by atoms with E-state index in [0.717, 1.165) is 32.1 Å². The number of carbonyl (C=O) groups excluding carboxylic acids is 4. The number of rotatable bonds is 2. The Balaban J connectivity index is 1.88. The smallest absolute Gasteiger partial charge is 0.253 e. The van der Waals surface area contributed by atoms with Crippen molar-refractivity contribution >= 4 is 23.6 Å². The lowest BCUT2D eigenvalue weighted by Gasteiger charge is -2.49. The molecule has 3 fully saturated rings. The van der Waals surface area contributed by atoms with E-state index < -0.39 is 11.4 Å². The van der Waals surface area contributed by atoms with Gasteiger partial charge in [0.2, 0.25) is 17.7 Å².